The quantitative estimate of drug-likeness (QED) is 0.476. The summed E-state index contributed by atoms with van der Waals surface area (Å²) in [5.74, 6) is -0.451. The van der Waals surface area contributed by atoms with Crippen molar-refractivity contribution < 1.29 is 9.18 Å². The molecule has 0 radical (unpaired) electrons. The minimum atomic E-state index is -0.290. The standard InChI is InChI=1S/C24H25FN6O/c1-16-7-4-11-21(13-16)31-17(2)23(28-29-31)24(32)30(3)12-6-10-20-15-22(27-26-20)18-8-5-9-19(25)14-18/h4-5,7-9,11,13-15H,6,10,12H2,1-3H3,(H,26,27). The number of amides is 1. The number of aromatic nitrogens is 5. The first-order chi connectivity index (χ1) is 15.4. The van der Waals surface area contributed by atoms with E-state index in [1.807, 2.05) is 50.2 Å². The third-order valence-corrected chi connectivity index (χ3v) is 5.38. The van der Waals surface area contributed by atoms with Gasteiger partial charge in [-0.2, -0.15) is 5.10 Å². The van der Waals surface area contributed by atoms with Gasteiger partial charge in [0.05, 0.1) is 17.1 Å². The first-order valence-corrected chi connectivity index (χ1v) is 10.5. The fourth-order valence-corrected chi connectivity index (χ4v) is 3.61. The predicted octanol–water partition coefficient (Wildman–Crippen LogP) is 4.12. The number of carbonyl (C=O) groups excluding carboxylic acids is 1. The van der Waals surface area contributed by atoms with Gasteiger partial charge in [-0.3, -0.25) is 9.89 Å². The molecule has 0 aliphatic heterocycles. The van der Waals surface area contributed by atoms with Crippen LogP contribution < -0.4 is 0 Å². The molecular weight excluding hydrogens is 407 g/mol. The summed E-state index contributed by atoms with van der Waals surface area (Å²) in [5.41, 5.74) is 5.42. The van der Waals surface area contributed by atoms with Crippen molar-refractivity contribution >= 4 is 5.91 Å². The molecule has 0 aliphatic carbocycles. The largest absolute Gasteiger partial charge is 0.340 e. The number of halogens is 1. The van der Waals surface area contributed by atoms with Crippen molar-refractivity contribution in [2.45, 2.75) is 26.7 Å². The molecule has 2 aromatic carbocycles. The number of aromatic amines is 1. The molecule has 0 fully saturated rings. The Labute approximate surface area is 185 Å². The van der Waals surface area contributed by atoms with E-state index in [9.17, 15) is 9.18 Å². The highest BCUT2D eigenvalue weighted by atomic mass is 19.1. The average molecular weight is 433 g/mol. The van der Waals surface area contributed by atoms with Gasteiger partial charge in [0.15, 0.2) is 5.69 Å². The monoisotopic (exact) mass is 432 g/mol. The van der Waals surface area contributed by atoms with Crippen molar-refractivity contribution in [2.24, 2.45) is 0 Å². The highest BCUT2D eigenvalue weighted by Gasteiger charge is 2.20. The van der Waals surface area contributed by atoms with Gasteiger partial charge in [0.25, 0.3) is 5.91 Å². The van der Waals surface area contributed by atoms with Crippen LogP contribution in [0.2, 0.25) is 0 Å². The van der Waals surface area contributed by atoms with E-state index in [2.05, 4.69) is 20.5 Å². The summed E-state index contributed by atoms with van der Waals surface area (Å²) >= 11 is 0. The van der Waals surface area contributed by atoms with Gasteiger partial charge in [0.1, 0.15) is 5.82 Å². The Morgan fingerprint density at radius 1 is 1.12 bits per heavy atom. The number of nitrogens with one attached hydrogen (secondary N) is 1. The lowest BCUT2D eigenvalue weighted by atomic mass is 10.1. The van der Waals surface area contributed by atoms with Crippen molar-refractivity contribution in [3.8, 4) is 16.9 Å². The molecule has 0 atom stereocenters. The molecule has 7 nitrogen and oxygen atoms in total. The molecule has 2 aromatic heterocycles. The van der Waals surface area contributed by atoms with Gasteiger partial charge in [-0.1, -0.05) is 29.5 Å². The van der Waals surface area contributed by atoms with E-state index in [-0.39, 0.29) is 11.7 Å². The molecule has 32 heavy (non-hydrogen) atoms. The second-order valence-electron chi connectivity index (χ2n) is 7.89. The molecule has 0 aliphatic rings. The number of H-pyrrole nitrogens is 1. The van der Waals surface area contributed by atoms with E-state index in [0.29, 0.717) is 23.6 Å². The molecule has 0 bridgehead atoms. The maximum atomic E-state index is 13.4. The van der Waals surface area contributed by atoms with Crippen molar-refractivity contribution in [3.63, 3.8) is 0 Å². The SMILES string of the molecule is Cc1cccc(-n2nnc(C(=O)N(C)CCCc3cc(-c4cccc(F)c4)n[nH]3)c2C)c1. The predicted molar refractivity (Wildman–Crippen MR) is 120 cm³/mol. The molecule has 2 heterocycles. The minimum Gasteiger partial charge on any atom is -0.340 e. The molecular formula is C24H25FN6O. The third-order valence-electron chi connectivity index (χ3n) is 5.38. The average Bonchev–Trinajstić information content (AvgIpc) is 3.40. The number of hydrogen-bond donors (Lipinski definition) is 1. The number of nitrogens with zero attached hydrogens (tertiary/aromatic N) is 5. The van der Waals surface area contributed by atoms with Crippen LogP contribution in [0.5, 0.6) is 0 Å². The normalized spacial score (nSPS) is 11.0. The van der Waals surface area contributed by atoms with Crippen molar-refractivity contribution in [3.05, 3.63) is 83.1 Å². The van der Waals surface area contributed by atoms with Crippen molar-refractivity contribution in [2.75, 3.05) is 13.6 Å². The zero-order chi connectivity index (χ0) is 22.7. The summed E-state index contributed by atoms with van der Waals surface area (Å²) < 4.78 is 15.1. The molecule has 0 saturated heterocycles. The Balaban J connectivity index is 1.36. The van der Waals surface area contributed by atoms with Crippen LogP contribution in [0.1, 0.15) is 33.9 Å². The zero-order valence-corrected chi connectivity index (χ0v) is 18.3. The molecule has 8 heteroatoms. The van der Waals surface area contributed by atoms with Crippen LogP contribution in [0.25, 0.3) is 16.9 Å². The molecule has 0 unspecified atom stereocenters. The Morgan fingerprint density at radius 2 is 1.94 bits per heavy atom. The van der Waals surface area contributed by atoms with E-state index in [1.54, 1.807) is 22.7 Å². The summed E-state index contributed by atoms with van der Waals surface area (Å²) in [6, 6.07) is 16.2. The minimum absolute atomic E-state index is 0.161. The molecule has 1 amide bonds. The maximum Gasteiger partial charge on any atom is 0.276 e. The van der Waals surface area contributed by atoms with Gasteiger partial charge in [-0.15, -0.1) is 5.10 Å². The van der Waals surface area contributed by atoms with Gasteiger partial charge in [-0.05, 0) is 62.6 Å². The summed E-state index contributed by atoms with van der Waals surface area (Å²) in [6.45, 7) is 4.42. The van der Waals surface area contributed by atoms with Gasteiger partial charge < -0.3 is 4.90 Å². The van der Waals surface area contributed by atoms with E-state index in [0.717, 1.165) is 35.3 Å². The summed E-state index contributed by atoms with van der Waals surface area (Å²) in [7, 11) is 1.76. The van der Waals surface area contributed by atoms with Gasteiger partial charge >= 0.3 is 0 Å². The summed E-state index contributed by atoms with van der Waals surface area (Å²) in [6.07, 6.45) is 1.47. The summed E-state index contributed by atoms with van der Waals surface area (Å²) in [4.78, 5) is 14.5. The van der Waals surface area contributed by atoms with Crippen molar-refractivity contribution in [1.29, 1.82) is 0 Å². The highest BCUT2D eigenvalue weighted by Crippen LogP contribution is 2.19. The van der Waals surface area contributed by atoms with Crippen LogP contribution in [-0.2, 0) is 6.42 Å². The maximum absolute atomic E-state index is 13.4. The van der Waals surface area contributed by atoms with Gasteiger partial charge in [0, 0.05) is 24.8 Å². The van der Waals surface area contributed by atoms with Crippen LogP contribution in [0.15, 0.2) is 54.6 Å². The molecule has 1 N–H and O–H groups in total. The lowest BCUT2D eigenvalue weighted by Gasteiger charge is -2.15. The topological polar surface area (TPSA) is 79.7 Å². The van der Waals surface area contributed by atoms with Crippen LogP contribution in [0, 0.1) is 19.7 Å². The van der Waals surface area contributed by atoms with Crippen molar-refractivity contribution in [1.82, 2.24) is 30.1 Å². The lowest BCUT2D eigenvalue weighted by Crippen LogP contribution is -2.29. The van der Waals surface area contributed by atoms with E-state index >= 15 is 0 Å². The Bertz CT molecular complexity index is 1240. The van der Waals surface area contributed by atoms with Crippen LogP contribution in [-0.4, -0.2) is 49.6 Å². The molecule has 0 spiro atoms. The Morgan fingerprint density at radius 3 is 2.72 bits per heavy atom. The first-order valence-electron chi connectivity index (χ1n) is 10.5. The number of carbonyl (C=O) groups is 1. The fourth-order valence-electron chi connectivity index (χ4n) is 3.61. The summed E-state index contributed by atoms with van der Waals surface area (Å²) in [5, 5.41) is 15.6. The molecule has 4 rings (SSSR count). The van der Waals surface area contributed by atoms with Gasteiger partial charge in [0.2, 0.25) is 0 Å². The molecule has 0 saturated carbocycles. The van der Waals surface area contributed by atoms with E-state index in [1.165, 1.54) is 12.1 Å². The Kier molecular flexibility index (Phi) is 6.11. The second kappa shape index (κ2) is 9.13. The number of rotatable bonds is 7. The lowest BCUT2D eigenvalue weighted by molar-refractivity contribution is 0.0787. The van der Waals surface area contributed by atoms with Crippen LogP contribution in [0.4, 0.5) is 4.39 Å². The first kappa shape index (κ1) is 21.4. The number of benzene rings is 2. The molecule has 164 valence electrons. The zero-order valence-electron chi connectivity index (χ0n) is 18.3. The van der Waals surface area contributed by atoms with Crippen LogP contribution >= 0.6 is 0 Å². The Hall–Kier alpha value is -3.81. The van der Waals surface area contributed by atoms with E-state index in [4.69, 9.17) is 0 Å². The van der Waals surface area contributed by atoms with E-state index < -0.39 is 0 Å². The van der Waals surface area contributed by atoms with Gasteiger partial charge in [-0.25, -0.2) is 9.07 Å². The number of hydrogen-bond acceptors (Lipinski definition) is 4. The third kappa shape index (κ3) is 4.59. The molecule has 4 aromatic rings. The number of aryl methyl sites for hydroxylation is 2. The highest BCUT2D eigenvalue weighted by molar-refractivity contribution is 5.93. The smallest absolute Gasteiger partial charge is 0.276 e. The second-order valence-corrected chi connectivity index (χ2v) is 7.89. The van der Waals surface area contributed by atoms with Crippen LogP contribution in [0.3, 0.4) is 0 Å². The fraction of sp³-hybridized carbons (Fsp3) is 0.250.